The second kappa shape index (κ2) is 13.5. The van der Waals surface area contributed by atoms with Crippen molar-refractivity contribution in [2.75, 3.05) is 51.3 Å². The number of carbonyl (C=O) groups is 1. The van der Waals surface area contributed by atoms with E-state index in [4.69, 9.17) is 4.74 Å². The minimum absolute atomic E-state index is 0.180. The zero-order valence-electron chi connectivity index (χ0n) is 26.7. The molecule has 6 rings (SSSR count). The molecule has 0 bridgehead atoms. The van der Waals surface area contributed by atoms with Crippen LogP contribution in [-0.2, 0) is 27.0 Å². The van der Waals surface area contributed by atoms with Gasteiger partial charge in [0.05, 0.1) is 29.7 Å². The molecule has 3 heterocycles. The van der Waals surface area contributed by atoms with E-state index in [0.717, 1.165) is 76.1 Å². The van der Waals surface area contributed by atoms with Gasteiger partial charge in [0, 0.05) is 51.0 Å². The van der Waals surface area contributed by atoms with Gasteiger partial charge in [0.25, 0.3) is 0 Å². The number of nitrogens with one attached hydrogen (secondary N) is 1. The summed E-state index contributed by atoms with van der Waals surface area (Å²) < 4.78 is 32.2. The number of rotatable bonds is 10. The molecule has 46 heavy (non-hydrogen) atoms. The molecule has 0 radical (unpaired) electrons. The fourth-order valence-corrected chi connectivity index (χ4v) is 9.46. The lowest BCUT2D eigenvalue weighted by atomic mass is 9.58. The Bertz CT molecular complexity index is 1640. The molecule has 1 amide bonds. The van der Waals surface area contributed by atoms with Gasteiger partial charge in [-0.3, -0.25) is 4.68 Å². The van der Waals surface area contributed by atoms with E-state index in [0.29, 0.717) is 12.5 Å². The van der Waals surface area contributed by atoms with Crippen LogP contribution in [0.25, 0.3) is 0 Å². The third kappa shape index (κ3) is 6.25. The summed E-state index contributed by atoms with van der Waals surface area (Å²) in [6.45, 7) is 5.38. The number of aromatic nitrogens is 2. The predicted molar refractivity (Wildman–Crippen MR) is 175 cm³/mol. The average molecular weight is 645 g/mol. The molecule has 3 fully saturated rings. The first-order chi connectivity index (χ1) is 22.2. The number of likely N-dealkylation sites (tertiary alicyclic amines) is 1. The maximum Gasteiger partial charge on any atom is 0.406 e. The Labute approximate surface area is 272 Å². The fourth-order valence-electron chi connectivity index (χ4n) is 8.21. The summed E-state index contributed by atoms with van der Waals surface area (Å²) in [6.07, 6.45) is 7.49. The van der Waals surface area contributed by atoms with E-state index >= 15 is 0 Å². The number of amides is 1. The number of ether oxygens (including phenoxy) is 1. The van der Waals surface area contributed by atoms with Crippen molar-refractivity contribution < 1.29 is 17.9 Å². The molecule has 3 atom stereocenters. The lowest BCUT2D eigenvalue weighted by Gasteiger charge is -2.48. The number of nitrogens with zero attached hydrogens (tertiary/aromatic N) is 5. The molecule has 2 saturated heterocycles. The van der Waals surface area contributed by atoms with Gasteiger partial charge in [-0.25, -0.2) is 13.2 Å². The second-order valence-corrected chi connectivity index (χ2v) is 15.2. The molecule has 2 aromatic carbocycles. The van der Waals surface area contributed by atoms with Crippen LogP contribution in [0, 0.1) is 35.0 Å². The van der Waals surface area contributed by atoms with Crippen molar-refractivity contribution in [1.29, 1.82) is 5.26 Å². The molecule has 1 N–H and O–H groups in total. The normalized spacial score (nSPS) is 22.5. The highest BCUT2D eigenvalue weighted by molar-refractivity contribution is 7.91. The summed E-state index contributed by atoms with van der Waals surface area (Å²) >= 11 is 0. The molecule has 1 saturated carbocycles. The summed E-state index contributed by atoms with van der Waals surface area (Å²) in [4.78, 5) is 17.2. The Balaban J connectivity index is 1.06. The summed E-state index contributed by atoms with van der Waals surface area (Å²) in [5, 5.41) is 17.9. The van der Waals surface area contributed by atoms with Gasteiger partial charge in [0.1, 0.15) is 4.90 Å². The number of sulfone groups is 1. The Kier molecular flexibility index (Phi) is 9.39. The van der Waals surface area contributed by atoms with Crippen molar-refractivity contribution in [3.05, 3.63) is 72.6 Å². The quantitative estimate of drug-likeness (QED) is 0.339. The molecule has 3 aromatic rings. The standard InChI is InChI=1S/C35H44N6O4S/c1-39-24-32(20-38-39)46(43,44)31-13-11-30(12-14-31)41-22-26(23-41)21-40-17-15-29(16-18-40)35(25-36,28-8-4-3-5-9-28)33-10-6-7-27(33)19-37-34(42)45-2/h3-5,8-9,11-14,20,24,26-27,29,33H,6-7,10,15-19,21-23H2,1-2H3,(H,37,42)/t27-,33+,35?/m1/s1. The summed E-state index contributed by atoms with van der Waals surface area (Å²) in [5.74, 6) is 1.22. The first-order valence-corrected chi connectivity index (χ1v) is 17.8. The van der Waals surface area contributed by atoms with E-state index in [2.05, 4.69) is 38.4 Å². The second-order valence-electron chi connectivity index (χ2n) is 13.2. The average Bonchev–Trinajstić information content (AvgIpc) is 3.73. The van der Waals surface area contributed by atoms with Crippen molar-refractivity contribution in [3.63, 3.8) is 0 Å². The Morgan fingerprint density at radius 2 is 1.76 bits per heavy atom. The van der Waals surface area contributed by atoms with Gasteiger partial charge in [-0.2, -0.15) is 10.4 Å². The maximum absolute atomic E-state index is 12.9. The van der Waals surface area contributed by atoms with Crippen molar-refractivity contribution in [2.45, 2.75) is 47.3 Å². The molecule has 2 aliphatic heterocycles. The number of alkyl carbamates (subject to hydrolysis) is 1. The van der Waals surface area contributed by atoms with E-state index in [1.54, 1.807) is 19.2 Å². The van der Waals surface area contributed by atoms with Crippen LogP contribution in [0.3, 0.4) is 0 Å². The van der Waals surface area contributed by atoms with Gasteiger partial charge in [-0.1, -0.05) is 36.8 Å². The van der Waals surface area contributed by atoms with Crippen LogP contribution in [-0.4, -0.2) is 75.6 Å². The van der Waals surface area contributed by atoms with Crippen LogP contribution >= 0.6 is 0 Å². The van der Waals surface area contributed by atoms with Crippen molar-refractivity contribution in [1.82, 2.24) is 20.0 Å². The van der Waals surface area contributed by atoms with Gasteiger partial charge in [-0.15, -0.1) is 0 Å². The van der Waals surface area contributed by atoms with Gasteiger partial charge >= 0.3 is 6.09 Å². The van der Waals surface area contributed by atoms with Crippen LogP contribution in [0.5, 0.6) is 0 Å². The van der Waals surface area contributed by atoms with E-state index < -0.39 is 21.3 Å². The summed E-state index contributed by atoms with van der Waals surface area (Å²) in [5.41, 5.74) is 1.56. The van der Waals surface area contributed by atoms with Crippen LogP contribution in [0.2, 0.25) is 0 Å². The van der Waals surface area contributed by atoms with Crippen LogP contribution in [0.4, 0.5) is 10.5 Å². The number of nitriles is 1. The number of aryl methyl sites for hydroxylation is 1. The van der Waals surface area contributed by atoms with E-state index in [1.165, 1.54) is 24.2 Å². The Hall–Kier alpha value is -3.88. The molecule has 1 aliphatic carbocycles. The SMILES string of the molecule is COC(=O)NC[C@H]1CCC[C@@H]1C(C#N)(c1ccccc1)C1CCN(CC2CN(c3ccc(S(=O)(=O)c4cnn(C)c4)cc3)C2)CC1. The topological polar surface area (TPSA) is 121 Å². The lowest BCUT2D eigenvalue weighted by molar-refractivity contribution is 0.0900. The number of methoxy groups -OCH3 is 1. The minimum atomic E-state index is -3.58. The highest BCUT2D eigenvalue weighted by Gasteiger charge is 2.52. The molecular weight excluding hydrogens is 600 g/mol. The largest absolute Gasteiger partial charge is 0.453 e. The molecule has 3 aliphatic rings. The van der Waals surface area contributed by atoms with Gasteiger partial charge in [-0.05, 0) is 86.4 Å². The Morgan fingerprint density at radius 3 is 2.39 bits per heavy atom. The van der Waals surface area contributed by atoms with Crippen LogP contribution in [0.1, 0.15) is 37.7 Å². The highest BCUT2D eigenvalue weighted by Crippen LogP contribution is 2.52. The van der Waals surface area contributed by atoms with Gasteiger partial charge < -0.3 is 19.9 Å². The van der Waals surface area contributed by atoms with E-state index in [9.17, 15) is 18.5 Å². The smallest absolute Gasteiger partial charge is 0.406 e. The van der Waals surface area contributed by atoms with Crippen molar-refractivity contribution in [3.8, 4) is 6.07 Å². The van der Waals surface area contributed by atoms with Crippen LogP contribution in [0.15, 0.2) is 76.8 Å². The lowest BCUT2D eigenvalue weighted by Crippen LogP contribution is -2.54. The number of anilines is 1. The molecule has 10 nitrogen and oxygen atoms in total. The monoisotopic (exact) mass is 644 g/mol. The van der Waals surface area contributed by atoms with Crippen LogP contribution < -0.4 is 10.2 Å². The number of carbonyl (C=O) groups excluding carboxylic acids is 1. The van der Waals surface area contributed by atoms with Crippen molar-refractivity contribution >= 4 is 21.6 Å². The minimum Gasteiger partial charge on any atom is -0.453 e. The number of hydrogen-bond acceptors (Lipinski definition) is 8. The highest BCUT2D eigenvalue weighted by atomic mass is 32.2. The predicted octanol–water partition coefficient (Wildman–Crippen LogP) is 4.63. The van der Waals surface area contributed by atoms with E-state index in [1.807, 2.05) is 30.3 Å². The number of piperidine rings is 1. The first-order valence-electron chi connectivity index (χ1n) is 16.3. The molecule has 1 unspecified atom stereocenters. The summed E-state index contributed by atoms with van der Waals surface area (Å²) in [6, 6.07) is 20.4. The Morgan fingerprint density at radius 1 is 1.04 bits per heavy atom. The van der Waals surface area contributed by atoms with E-state index in [-0.39, 0.29) is 27.5 Å². The summed E-state index contributed by atoms with van der Waals surface area (Å²) in [7, 11) is -0.492. The maximum atomic E-state index is 12.9. The van der Waals surface area contributed by atoms with Gasteiger partial charge in [0.2, 0.25) is 9.84 Å². The molecular formula is C35H44N6O4S. The fraction of sp³-hybridized carbons (Fsp3) is 0.514. The molecule has 0 spiro atoms. The molecule has 244 valence electrons. The zero-order valence-corrected chi connectivity index (χ0v) is 27.5. The number of hydrogen-bond donors (Lipinski definition) is 1. The first kappa shape index (κ1) is 32.1. The third-order valence-corrected chi connectivity index (χ3v) is 12.3. The van der Waals surface area contributed by atoms with Gasteiger partial charge in [0.15, 0.2) is 0 Å². The molecule has 11 heteroatoms. The number of benzene rings is 2. The molecule has 1 aromatic heterocycles. The van der Waals surface area contributed by atoms with Crippen molar-refractivity contribution in [2.24, 2.45) is 30.7 Å². The third-order valence-electron chi connectivity index (χ3n) is 10.6. The zero-order chi connectivity index (χ0) is 32.3.